The second-order valence-electron chi connectivity index (χ2n) is 7.43. The number of aliphatic hydroxyl groups excluding tert-OH is 2. The van der Waals surface area contributed by atoms with Crippen molar-refractivity contribution in [1.29, 1.82) is 0 Å². The molecular formula is C19H22F2N4O2. The molecule has 4 N–H and O–H groups in total. The molecule has 2 aromatic rings. The Bertz CT molecular complexity index is 850. The predicted molar refractivity (Wildman–Crippen MR) is 96.3 cm³/mol. The molecule has 2 aliphatic rings. The minimum absolute atomic E-state index is 0.00205. The average Bonchev–Trinajstić information content (AvgIpc) is 3.12. The van der Waals surface area contributed by atoms with Crippen LogP contribution < -0.4 is 10.6 Å². The molecule has 0 spiro atoms. The van der Waals surface area contributed by atoms with Crippen LogP contribution in [0.4, 0.5) is 20.4 Å². The molecule has 0 radical (unpaired) electrons. The van der Waals surface area contributed by atoms with E-state index in [4.69, 9.17) is 0 Å². The highest BCUT2D eigenvalue weighted by Crippen LogP contribution is 2.35. The Hall–Kier alpha value is -2.32. The van der Waals surface area contributed by atoms with Crippen molar-refractivity contribution in [2.24, 2.45) is 5.92 Å². The Morgan fingerprint density at radius 2 is 1.70 bits per heavy atom. The highest BCUT2D eigenvalue weighted by atomic mass is 19.2. The molecular weight excluding hydrogens is 354 g/mol. The minimum Gasteiger partial charge on any atom is -0.390 e. The van der Waals surface area contributed by atoms with E-state index in [1.807, 2.05) is 6.92 Å². The monoisotopic (exact) mass is 376 g/mol. The van der Waals surface area contributed by atoms with Crippen LogP contribution >= 0.6 is 0 Å². The lowest BCUT2D eigenvalue weighted by Gasteiger charge is -2.19. The van der Waals surface area contributed by atoms with Crippen LogP contribution in [-0.4, -0.2) is 38.4 Å². The van der Waals surface area contributed by atoms with E-state index in [0.717, 1.165) is 17.5 Å². The molecule has 4 rings (SSSR count). The molecule has 0 saturated heterocycles. The molecule has 1 aromatic heterocycles. The van der Waals surface area contributed by atoms with Crippen molar-refractivity contribution in [3.63, 3.8) is 0 Å². The number of halogens is 2. The molecule has 27 heavy (non-hydrogen) atoms. The van der Waals surface area contributed by atoms with Gasteiger partial charge in [0.1, 0.15) is 24.1 Å². The minimum atomic E-state index is -0.856. The summed E-state index contributed by atoms with van der Waals surface area (Å²) in [5.74, 6) is -0.593. The van der Waals surface area contributed by atoms with E-state index in [-0.39, 0.29) is 18.0 Å². The zero-order valence-corrected chi connectivity index (χ0v) is 14.9. The zero-order valence-electron chi connectivity index (χ0n) is 14.9. The van der Waals surface area contributed by atoms with Crippen molar-refractivity contribution in [1.82, 2.24) is 9.97 Å². The second kappa shape index (κ2) is 7.01. The van der Waals surface area contributed by atoms with E-state index in [1.165, 1.54) is 18.5 Å². The summed E-state index contributed by atoms with van der Waals surface area (Å²) >= 11 is 0. The Labute approximate surface area is 155 Å². The van der Waals surface area contributed by atoms with E-state index in [2.05, 4.69) is 20.6 Å². The fraction of sp³-hybridized carbons (Fsp3) is 0.474. The molecule has 1 saturated carbocycles. The van der Waals surface area contributed by atoms with Crippen LogP contribution in [0.5, 0.6) is 0 Å². The van der Waals surface area contributed by atoms with Crippen LogP contribution in [0, 0.1) is 17.6 Å². The summed E-state index contributed by atoms with van der Waals surface area (Å²) in [5.41, 5.74) is 1.54. The van der Waals surface area contributed by atoms with Gasteiger partial charge in [-0.05, 0) is 48.4 Å². The first-order chi connectivity index (χ1) is 12.9. The van der Waals surface area contributed by atoms with Gasteiger partial charge in [-0.2, -0.15) is 0 Å². The molecule has 1 aromatic carbocycles. The van der Waals surface area contributed by atoms with Gasteiger partial charge in [-0.3, -0.25) is 0 Å². The van der Waals surface area contributed by atoms with E-state index >= 15 is 0 Å². The first-order valence-corrected chi connectivity index (χ1v) is 9.11. The molecule has 0 bridgehead atoms. The Morgan fingerprint density at radius 1 is 1.00 bits per heavy atom. The van der Waals surface area contributed by atoms with E-state index in [0.29, 0.717) is 24.5 Å². The maximum Gasteiger partial charge on any atom is 0.159 e. The van der Waals surface area contributed by atoms with Crippen molar-refractivity contribution in [3.05, 3.63) is 47.3 Å². The summed E-state index contributed by atoms with van der Waals surface area (Å²) in [6.45, 7) is 1.89. The van der Waals surface area contributed by atoms with Crippen molar-refractivity contribution in [2.45, 2.75) is 50.5 Å². The van der Waals surface area contributed by atoms with Gasteiger partial charge in [-0.1, -0.05) is 6.92 Å². The molecule has 1 fully saturated rings. The van der Waals surface area contributed by atoms with Gasteiger partial charge < -0.3 is 20.8 Å². The second-order valence-corrected chi connectivity index (χ2v) is 7.43. The summed E-state index contributed by atoms with van der Waals surface area (Å²) in [6.07, 6.45) is 1.81. The van der Waals surface area contributed by atoms with Gasteiger partial charge in [0.15, 0.2) is 11.6 Å². The van der Waals surface area contributed by atoms with Crippen LogP contribution in [-0.2, 0) is 6.42 Å². The number of aryl methyl sites for hydroxylation is 1. The van der Waals surface area contributed by atoms with Crippen molar-refractivity contribution in [2.75, 3.05) is 10.6 Å². The quantitative estimate of drug-likeness (QED) is 0.655. The summed E-state index contributed by atoms with van der Waals surface area (Å²) in [4.78, 5) is 8.36. The first kappa shape index (κ1) is 18.1. The largest absolute Gasteiger partial charge is 0.390 e. The van der Waals surface area contributed by atoms with Gasteiger partial charge >= 0.3 is 0 Å². The molecule has 0 unspecified atom stereocenters. The number of hydrogen-bond acceptors (Lipinski definition) is 6. The molecule has 1 heterocycles. The third kappa shape index (κ3) is 3.46. The standard InChI is InChI=1S/C19H22F2N4O2/c1-9-4-15(19(27)18(9)26)25-17-7-16(22-8-23-17)24-14-3-2-10-5-12(20)13(21)6-11(10)14/h5-9,14-15,18-19,26-27H,2-4H2,1H3,(H2,22,23,24,25)/t9-,14+,15-,18-,19+/m1/s1. The molecule has 8 heteroatoms. The number of aromatic nitrogens is 2. The van der Waals surface area contributed by atoms with Crippen molar-refractivity contribution < 1.29 is 19.0 Å². The van der Waals surface area contributed by atoms with E-state index < -0.39 is 23.8 Å². The number of nitrogens with one attached hydrogen (secondary N) is 2. The SMILES string of the molecule is C[C@@H]1C[C@@H](Nc2cc(N[C@H]3CCc4cc(F)c(F)cc43)ncn2)[C@H](O)[C@@H]1O. The number of rotatable bonds is 4. The zero-order chi connectivity index (χ0) is 19.1. The molecule has 5 atom stereocenters. The average molecular weight is 376 g/mol. The van der Waals surface area contributed by atoms with E-state index in [9.17, 15) is 19.0 Å². The topological polar surface area (TPSA) is 90.3 Å². The lowest BCUT2D eigenvalue weighted by Crippen LogP contribution is -2.35. The Kier molecular flexibility index (Phi) is 4.69. The number of fused-ring (bicyclic) bond motifs is 1. The van der Waals surface area contributed by atoms with Gasteiger partial charge in [-0.15, -0.1) is 0 Å². The van der Waals surface area contributed by atoms with Crippen LogP contribution in [0.25, 0.3) is 0 Å². The maximum absolute atomic E-state index is 13.6. The van der Waals surface area contributed by atoms with E-state index in [1.54, 1.807) is 6.07 Å². The van der Waals surface area contributed by atoms with Gasteiger partial charge in [0, 0.05) is 6.07 Å². The number of anilines is 2. The molecule has 144 valence electrons. The smallest absolute Gasteiger partial charge is 0.159 e. The summed E-state index contributed by atoms with van der Waals surface area (Å²) < 4.78 is 27.0. The van der Waals surface area contributed by atoms with Gasteiger partial charge in [0.2, 0.25) is 0 Å². The number of hydrogen-bond donors (Lipinski definition) is 4. The van der Waals surface area contributed by atoms with Crippen LogP contribution in [0.3, 0.4) is 0 Å². The van der Waals surface area contributed by atoms with Gasteiger partial charge in [-0.25, -0.2) is 18.7 Å². The summed E-state index contributed by atoms with van der Waals surface area (Å²) in [6, 6.07) is 3.76. The lowest BCUT2D eigenvalue weighted by molar-refractivity contribution is 0.0210. The molecule has 6 nitrogen and oxygen atoms in total. The summed E-state index contributed by atoms with van der Waals surface area (Å²) in [5, 5.41) is 26.4. The van der Waals surface area contributed by atoms with Crippen LogP contribution in [0.15, 0.2) is 24.5 Å². The van der Waals surface area contributed by atoms with Gasteiger partial charge in [0.25, 0.3) is 0 Å². The van der Waals surface area contributed by atoms with Crippen LogP contribution in [0.1, 0.15) is 36.9 Å². The van der Waals surface area contributed by atoms with Crippen molar-refractivity contribution in [3.8, 4) is 0 Å². The number of nitrogens with zero attached hydrogens (tertiary/aromatic N) is 2. The van der Waals surface area contributed by atoms with Crippen molar-refractivity contribution >= 4 is 11.6 Å². The highest BCUT2D eigenvalue weighted by molar-refractivity contribution is 5.50. The first-order valence-electron chi connectivity index (χ1n) is 9.11. The fourth-order valence-corrected chi connectivity index (χ4v) is 4.03. The maximum atomic E-state index is 13.6. The molecule has 0 aliphatic heterocycles. The van der Waals surface area contributed by atoms with Crippen LogP contribution in [0.2, 0.25) is 0 Å². The number of aliphatic hydroxyl groups is 2. The number of benzene rings is 1. The third-order valence-corrected chi connectivity index (χ3v) is 5.55. The Morgan fingerprint density at radius 3 is 2.41 bits per heavy atom. The van der Waals surface area contributed by atoms with Gasteiger partial charge in [0.05, 0.1) is 18.2 Å². The summed E-state index contributed by atoms with van der Waals surface area (Å²) in [7, 11) is 0. The predicted octanol–water partition coefficient (Wildman–Crippen LogP) is 2.40. The molecule has 0 amide bonds. The normalized spacial score (nSPS) is 29.6. The Balaban J connectivity index is 1.48. The fourth-order valence-electron chi connectivity index (χ4n) is 4.03. The molecule has 2 aliphatic carbocycles. The third-order valence-electron chi connectivity index (χ3n) is 5.55. The lowest BCUT2D eigenvalue weighted by atomic mass is 10.1. The highest BCUT2D eigenvalue weighted by Gasteiger charge is 2.39.